The minimum absolute atomic E-state index is 0.481. The summed E-state index contributed by atoms with van der Waals surface area (Å²) in [5.74, 6) is 0. The molecule has 0 amide bonds. The van der Waals surface area contributed by atoms with Gasteiger partial charge in [-0.05, 0) is 38.5 Å². The summed E-state index contributed by atoms with van der Waals surface area (Å²) in [6.07, 6.45) is 19.7. The Bertz CT molecular complexity index is 271. The Morgan fingerprint density at radius 2 is 0.917 bits per heavy atom. The third kappa shape index (κ3) is 18.8. The van der Waals surface area contributed by atoms with Crippen LogP contribution >= 0.6 is 0 Å². The molecule has 0 spiro atoms. The highest BCUT2D eigenvalue weighted by molar-refractivity contribution is 5.59. The van der Waals surface area contributed by atoms with Gasteiger partial charge < -0.3 is 9.47 Å². The van der Waals surface area contributed by atoms with Crippen molar-refractivity contribution in [3.63, 3.8) is 0 Å². The van der Waals surface area contributed by atoms with Gasteiger partial charge in [0.1, 0.15) is 0 Å². The van der Waals surface area contributed by atoms with Crippen molar-refractivity contribution >= 4 is 6.16 Å². The first-order valence-corrected chi connectivity index (χ1v) is 9.82. The average Bonchev–Trinajstić information content (AvgIpc) is 2.59. The Morgan fingerprint density at radius 3 is 1.29 bits per heavy atom. The highest BCUT2D eigenvalue weighted by Crippen LogP contribution is 2.09. The van der Waals surface area contributed by atoms with E-state index in [1.54, 1.807) is 0 Å². The Hall–Kier alpha value is -1.25. The van der Waals surface area contributed by atoms with E-state index in [-0.39, 0.29) is 0 Å². The van der Waals surface area contributed by atoms with Gasteiger partial charge in [-0.3, -0.25) is 0 Å². The zero-order chi connectivity index (χ0) is 17.7. The summed E-state index contributed by atoms with van der Waals surface area (Å²) in [5.41, 5.74) is 0. The first kappa shape index (κ1) is 22.8. The van der Waals surface area contributed by atoms with E-state index in [1.165, 1.54) is 51.4 Å². The van der Waals surface area contributed by atoms with Gasteiger partial charge in [0.15, 0.2) is 0 Å². The van der Waals surface area contributed by atoms with Crippen LogP contribution in [-0.4, -0.2) is 19.4 Å². The van der Waals surface area contributed by atoms with Crippen LogP contribution < -0.4 is 0 Å². The number of carbonyl (C=O) groups is 1. The second kappa shape index (κ2) is 19.8. The lowest BCUT2D eigenvalue weighted by atomic mass is 10.1. The molecule has 24 heavy (non-hydrogen) atoms. The van der Waals surface area contributed by atoms with Gasteiger partial charge in [-0.1, -0.05) is 63.5 Å². The molecule has 140 valence electrons. The molecule has 0 N–H and O–H groups in total. The van der Waals surface area contributed by atoms with Gasteiger partial charge in [-0.2, -0.15) is 0 Å². The fourth-order valence-electron chi connectivity index (χ4n) is 2.55. The molecule has 0 radical (unpaired) electrons. The zero-order valence-corrected chi connectivity index (χ0v) is 15.6. The molecule has 0 aliphatic rings. The molecular formula is C21H38O3. The summed E-state index contributed by atoms with van der Waals surface area (Å²) >= 11 is 0. The summed E-state index contributed by atoms with van der Waals surface area (Å²) in [7, 11) is 0. The van der Waals surface area contributed by atoms with Crippen molar-refractivity contribution in [3.05, 3.63) is 25.3 Å². The first-order chi connectivity index (χ1) is 11.8. The van der Waals surface area contributed by atoms with Crippen LogP contribution in [0.5, 0.6) is 0 Å². The largest absolute Gasteiger partial charge is 0.508 e. The van der Waals surface area contributed by atoms with Crippen LogP contribution in [-0.2, 0) is 9.47 Å². The monoisotopic (exact) mass is 338 g/mol. The van der Waals surface area contributed by atoms with Crippen LogP contribution in [0.15, 0.2) is 25.3 Å². The van der Waals surface area contributed by atoms with E-state index in [4.69, 9.17) is 9.47 Å². The molecule has 0 aliphatic carbocycles. The van der Waals surface area contributed by atoms with E-state index in [0.717, 1.165) is 38.5 Å². The number of hydrogen-bond acceptors (Lipinski definition) is 3. The van der Waals surface area contributed by atoms with Crippen LogP contribution in [0.4, 0.5) is 4.79 Å². The Morgan fingerprint density at radius 1 is 0.583 bits per heavy atom. The minimum Gasteiger partial charge on any atom is -0.434 e. The maximum Gasteiger partial charge on any atom is 0.508 e. The Kier molecular flexibility index (Phi) is 18.8. The fourth-order valence-corrected chi connectivity index (χ4v) is 2.55. The summed E-state index contributed by atoms with van der Waals surface area (Å²) in [5, 5.41) is 0. The normalized spacial score (nSPS) is 10.3. The third-order valence-corrected chi connectivity index (χ3v) is 4.04. The number of ether oxygens (including phenoxy) is 2. The number of rotatable bonds is 18. The van der Waals surface area contributed by atoms with Gasteiger partial charge in [0.2, 0.25) is 0 Å². The van der Waals surface area contributed by atoms with E-state index in [1.807, 2.05) is 12.2 Å². The lowest BCUT2D eigenvalue weighted by Gasteiger charge is -2.06. The molecule has 0 fully saturated rings. The molecule has 0 atom stereocenters. The minimum atomic E-state index is -0.507. The molecule has 3 nitrogen and oxygen atoms in total. The van der Waals surface area contributed by atoms with Crippen molar-refractivity contribution < 1.29 is 14.3 Å². The topological polar surface area (TPSA) is 35.5 Å². The first-order valence-electron chi connectivity index (χ1n) is 9.82. The molecule has 0 aromatic heterocycles. The summed E-state index contributed by atoms with van der Waals surface area (Å²) in [6.45, 7) is 8.40. The standard InChI is InChI=1S/C21H38O3/c1-3-5-7-9-11-13-15-17-19-23-21(22)24-20-18-16-14-12-10-8-6-4-2/h3-4H,1-2,5-20H2. The highest BCUT2D eigenvalue weighted by atomic mass is 16.7. The molecule has 0 saturated heterocycles. The maximum atomic E-state index is 11.4. The van der Waals surface area contributed by atoms with E-state index in [9.17, 15) is 4.79 Å². The van der Waals surface area contributed by atoms with Crippen LogP contribution in [0, 0.1) is 0 Å². The fraction of sp³-hybridized carbons (Fsp3) is 0.762. The molecule has 0 aliphatic heterocycles. The predicted octanol–water partition coefficient (Wildman–Crippen LogP) is 6.97. The second-order valence-electron chi connectivity index (χ2n) is 6.34. The smallest absolute Gasteiger partial charge is 0.434 e. The van der Waals surface area contributed by atoms with E-state index in [0.29, 0.717) is 13.2 Å². The van der Waals surface area contributed by atoms with E-state index < -0.39 is 6.16 Å². The van der Waals surface area contributed by atoms with Gasteiger partial charge in [-0.25, -0.2) is 4.79 Å². The number of unbranched alkanes of at least 4 members (excludes halogenated alkanes) is 12. The number of hydrogen-bond donors (Lipinski definition) is 0. The van der Waals surface area contributed by atoms with Gasteiger partial charge in [0.05, 0.1) is 13.2 Å². The third-order valence-electron chi connectivity index (χ3n) is 4.04. The van der Waals surface area contributed by atoms with Crippen molar-refractivity contribution in [2.45, 2.75) is 89.9 Å². The Balaban J connectivity index is 3.16. The molecule has 0 bridgehead atoms. The zero-order valence-electron chi connectivity index (χ0n) is 15.6. The maximum absolute atomic E-state index is 11.4. The molecule has 3 heteroatoms. The summed E-state index contributed by atoms with van der Waals surface area (Å²) in [4.78, 5) is 11.4. The average molecular weight is 339 g/mol. The molecule has 0 aromatic rings. The van der Waals surface area contributed by atoms with Crippen LogP contribution in [0.3, 0.4) is 0 Å². The van der Waals surface area contributed by atoms with Crippen molar-refractivity contribution in [3.8, 4) is 0 Å². The van der Waals surface area contributed by atoms with Gasteiger partial charge in [0.25, 0.3) is 0 Å². The van der Waals surface area contributed by atoms with Crippen LogP contribution in [0.2, 0.25) is 0 Å². The highest BCUT2D eigenvalue weighted by Gasteiger charge is 2.03. The van der Waals surface area contributed by atoms with Crippen LogP contribution in [0.1, 0.15) is 89.9 Å². The number of carbonyl (C=O) groups excluding carboxylic acids is 1. The molecule has 0 aromatic carbocycles. The van der Waals surface area contributed by atoms with Crippen molar-refractivity contribution in [1.29, 1.82) is 0 Å². The molecule has 0 heterocycles. The quantitative estimate of drug-likeness (QED) is 0.154. The van der Waals surface area contributed by atoms with Crippen LogP contribution in [0.25, 0.3) is 0 Å². The van der Waals surface area contributed by atoms with Gasteiger partial charge >= 0.3 is 6.16 Å². The SMILES string of the molecule is C=CCCCCCCCCOC(=O)OCCCCCCCCC=C. The van der Waals surface area contributed by atoms with E-state index >= 15 is 0 Å². The lowest BCUT2D eigenvalue weighted by Crippen LogP contribution is -2.09. The second-order valence-corrected chi connectivity index (χ2v) is 6.34. The van der Waals surface area contributed by atoms with Crippen molar-refractivity contribution in [2.75, 3.05) is 13.2 Å². The van der Waals surface area contributed by atoms with Gasteiger partial charge in [-0.15, -0.1) is 13.2 Å². The predicted molar refractivity (Wildman–Crippen MR) is 102 cm³/mol. The van der Waals surface area contributed by atoms with Crippen molar-refractivity contribution in [2.24, 2.45) is 0 Å². The Labute approximate surface area is 149 Å². The summed E-state index contributed by atoms with van der Waals surface area (Å²) in [6, 6.07) is 0. The summed E-state index contributed by atoms with van der Waals surface area (Å²) < 4.78 is 10.2. The molecule has 0 unspecified atom stereocenters. The lowest BCUT2D eigenvalue weighted by molar-refractivity contribution is 0.0529. The number of allylic oxidation sites excluding steroid dienone is 2. The molecule has 0 saturated carbocycles. The van der Waals surface area contributed by atoms with Crippen molar-refractivity contribution in [1.82, 2.24) is 0 Å². The molecular weight excluding hydrogens is 300 g/mol. The van der Waals surface area contributed by atoms with E-state index in [2.05, 4.69) is 13.2 Å². The molecule has 0 rings (SSSR count). The van der Waals surface area contributed by atoms with Gasteiger partial charge in [0, 0.05) is 0 Å².